The minimum Gasteiger partial charge on any atom is -0.463 e. The standard InChI is InChI=1S/C17H24N4O7/c1-2-3-4-5-6-13(22)27-9-11-14(23)15(24)17(10-18,28-11)21-8-7-12(20-26)19-16(21)25/h7-8,11,14-15,23-24,26H,2-6,9H2,1H3,(H,19,20,25). The first kappa shape index (κ1) is 21.8. The van der Waals surface area contributed by atoms with Crippen molar-refractivity contribution >= 4 is 11.8 Å². The molecule has 154 valence electrons. The predicted molar refractivity (Wildman–Crippen MR) is 94.1 cm³/mol. The number of unbranched alkanes of at least 4 members (excludes halogenated alkanes) is 3. The van der Waals surface area contributed by atoms with Crippen molar-refractivity contribution in [3.63, 3.8) is 0 Å². The van der Waals surface area contributed by atoms with Crippen LogP contribution < -0.4 is 11.2 Å². The largest absolute Gasteiger partial charge is 0.463 e. The van der Waals surface area contributed by atoms with Gasteiger partial charge in [0.05, 0.1) is 0 Å². The third-order valence-electron chi connectivity index (χ3n) is 4.52. The molecule has 28 heavy (non-hydrogen) atoms. The molecule has 4 unspecified atom stereocenters. The van der Waals surface area contributed by atoms with Crippen LogP contribution in [0.25, 0.3) is 0 Å². The highest BCUT2D eigenvalue weighted by Gasteiger charge is 2.57. The Balaban J connectivity index is 2.08. The van der Waals surface area contributed by atoms with Crippen molar-refractivity contribution < 1.29 is 29.7 Å². The van der Waals surface area contributed by atoms with Gasteiger partial charge in [0.25, 0.3) is 5.72 Å². The normalized spacial score (nSPS) is 26.6. The molecule has 1 aliphatic heterocycles. The number of hydrogen-bond acceptors (Lipinski definition) is 10. The summed E-state index contributed by atoms with van der Waals surface area (Å²) in [5.41, 5.74) is -1.57. The number of rotatable bonds is 9. The number of nitrogens with one attached hydrogen (secondary N) is 1. The molecular formula is C17H24N4O7. The molecule has 1 aromatic heterocycles. The zero-order valence-corrected chi connectivity index (χ0v) is 15.4. The zero-order chi connectivity index (χ0) is 20.7. The highest BCUT2D eigenvalue weighted by atomic mass is 16.6. The molecule has 0 aliphatic carbocycles. The highest BCUT2D eigenvalue weighted by Crippen LogP contribution is 2.34. The Morgan fingerprint density at radius 3 is 2.82 bits per heavy atom. The first-order chi connectivity index (χ1) is 13.4. The second-order valence-corrected chi connectivity index (χ2v) is 6.47. The van der Waals surface area contributed by atoms with Gasteiger partial charge in [-0.05, 0) is 12.5 Å². The lowest BCUT2D eigenvalue weighted by molar-refractivity contribution is -0.153. The van der Waals surface area contributed by atoms with Gasteiger partial charge in [-0.2, -0.15) is 10.2 Å². The molecule has 4 N–H and O–H groups in total. The number of nitrogens with zero attached hydrogens (tertiary/aromatic N) is 3. The summed E-state index contributed by atoms with van der Waals surface area (Å²) in [5, 5.41) is 38.9. The van der Waals surface area contributed by atoms with Crippen molar-refractivity contribution in [2.24, 2.45) is 0 Å². The van der Waals surface area contributed by atoms with Gasteiger partial charge in [-0.25, -0.2) is 4.79 Å². The van der Waals surface area contributed by atoms with Crippen molar-refractivity contribution in [2.75, 3.05) is 12.1 Å². The number of esters is 1. The van der Waals surface area contributed by atoms with E-state index in [4.69, 9.17) is 14.7 Å². The van der Waals surface area contributed by atoms with E-state index in [0.29, 0.717) is 11.0 Å². The van der Waals surface area contributed by atoms with Gasteiger partial charge in [-0.3, -0.25) is 20.0 Å². The Hall–Kier alpha value is -2.52. The molecule has 1 fully saturated rings. The monoisotopic (exact) mass is 396 g/mol. The first-order valence-electron chi connectivity index (χ1n) is 9.00. The Morgan fingerprint density at radius 2 is 2.21 bits per heavy atom. The van der Waals surface area contributed by atoms with Gasteiger partial charge in [-0.1, -0.05) is 26.2 Å². The minimum absolute atomic E-state index is 0.170. The van der Waals surface area contributed by atoms with Gasteiger partial charge in [0, 0.05) is 12.6 Å². The Labute approximate surface area is 161 Å². The summed E-state index contributed by atoms with van der Waals surface area (Å²) in [6, 6.07) is 2.86. The zero-order valence-electron chi connectivity index (χ0n) is 15.4. The van der Waals surface area contributed by atoms with E-state index in [1.807, 2.05) is 0 Å². The number of aromatic nitrogens is 2. The molecule has 11 heteroatoms. The summed E-state index contributed by atoms with van der Waals surface area (Å²) in [4.78, 5) is 27.4. The summed E-state index contributed by atoms with van der Waals surface area (Å²) in [6.45, 7) is 1.67. The molecule has 0 bridgehead atoms. The van der Waals surface area contributed by atoms with Crippen molar-refractivity contribution in [3.05, 3.63) is 22.7 Å². The van der Waals surface area contributed by atoms with Crippen molar-refractivity contribution in [1.82, 2.24) is 9.55 Å². The van der Waals surface area contributed by atoms with Crippen LogP contribution in [0.1, 0.15) is 39.0 Å². The van der Waals surface area contributed by atoms with E-state index in [1.54, 1.807) is 11.5 Å². The Morgan fingerprint density at radius 1 is 1.46 bits per heavy atom. The van der Waals surface area contributed by atoms with E-state index in [1.165, 1.54) is 6.07 Å². The number of anilines is 1. The van der Waals surface area contributed by atoms with Crippen LogP contribution in [0.15, 0.2) is 17.1 Å². The van der Waals surface area contributed by atoms with Crippen LogP contribution in [0.2, 0.25) is 0 Å². The smallest absolute Gasteiger partial charge is 0.352 e. The van der Waals surface area contributed by atoms with Gasteiger partial charge >= 0.3 is 11.7 Å². The quantitative estimate of drug-likeness (QED) is 0.250. The molecule has 11 nitrogen and oxygen atoms in total. The Bertz CT molecular complexity index is 778. The molecule has 1 saturated heterocycles. The predicted octanol–water partition coefficient (Wildman–Crippen LogP) is -0.145. The molecule has 0 saturated carbocycles. The number of hydrogen-bond donors (Lipinski definition) is 4. The summed E-state index contributed by atoms with van der Waals surface area (Å²) >= 11 is 0. The maximum absolute atomic E-state index is 12.1. The van der Waals surface area contributed by atoms with Crippen LogP contribution >= 0.6 is 0 Å². The fourth-order valence-corrected chi connectivity index (χ4v) is 2.94. The maximum atomic E-state index is 12.1. The lowest BCUT2D eigenvalue weighted by Gasteiger charge is -2.26. The minimum atomic E-state index is -2.25. The third-order valence-corrected chi connectivity index (χ3v) is 4.52. The second-order valence-electron chi connectivity index (χ2n) is 6.47. The van der Waals surface area contributed by atoms with E-state index in [9.17, 15) is 25.1 Å². The third kappa shape index (κ3) is 4.48. The molecule has 0 radical (unpaired) electrons. The molecule has 2 heterocycles. The summed E-state index contributed by atoms with van der Waals surface area (Å²) in [6.07, 6.45) is 0.349. The molecule has 0 aromatic carbocycles. The second kappa shape index (κ2) is 9.61. The molecule has 1 aliphatic rings. The van der Waals surface area contributed by atoms with Gasteiger partial charge in [0.2, 0.25) is 0 Å². The average molecular weight is 396 g/mol. The summed E-state index contributed by atoms with van der Waals surface area (Å²) in [5.74, 6) is -0.649. The molecular weight excluding hydrogens is 372 g/mol. The average Bonchev–Trinajstić information content (AvgIpc) is 2.95. The molecule has 4 atom stereocenters. The molecule has 2 rings (SSSR count). The van der Waals surface area contributed by atoms with Gasteiger partial charge in [-0.15, -0.1) is 0 Å². The van der Waals surface area contributed by atoms with Crippen LogP contribution in [-0.4, -0.2) is 55.9 Å². The summed E-state index contributed by atoms with van der Waals surface area (Å²) in [7, 11) is 0. The van der Waals surface area contributed by atoms with Crippen LogP contribution in [0.3, 0.4) is 0 Å². The number of ether oxygens (including phenoxy) is 2. The van der Waals surface area contributed by atoms with Crippen LogP contribution in [0.5, 0.6) is 0 Å². The first-order valence-corrected chi connectivity index (χ1v) is 9.00. The Kier molecular flexibility index (Phi) is 7.47. The van der Waals surface area contributed by atoms with Crippen LogP contribution in [0, 0.1) is 11.3 Å². The molecule has 0 spiro atoms. The number of nitriles is 1. The summed E-state index contributed by atoms with van der Waals surface area (Å²) < 4.78 is 11.2. The van der Waals surface area contributed by atoms with Crippen LogP contribution in [-0.2, 0) is 20.0 Å². The lowest BCUT2D eigenvalue weighted by Crippen LogP contribution is -2.49. The number of aliphatic hydroxyl groups excluding tert-OH is 2. The van der Waals surface area contributed by atoms with Gasteiger partial charge < -0.3 is 19.7 Å². The van der Waals surface area contributed by atoms with E-state index >= 15 is 0 Å². The van der Waals surface area contributed by atoms with Crippen LogP contribution in [0.4, 0.5) is 5.82 Å². The fourth-order valence-electron chi connectivity index (χ4n) is 2.94. The van der Waals surface area contributed by atoms with Crippen molar-refractivity contribution in [3.8, 4) is 6.07 Å². The molecule has 0 amide bonds. The number of carbonyl (C=O) groups is 1. The fraction of sp³-hybridized carbons (Fsp3) is 0.647. The SMILES string of the molecule is CCCCCCC(=O)OCC1OC(C#N)(n2ccc(NO)nc2=O)C(O)C1O. The number of carbonyl (C=O) groups excluding carboxylic acids is 1. The van der Waals surface area contributed by atoms with Crippen molar-refractivity contribution in [1.29, 1.82) is 5.26 Å². The lowest BCUT2D eigenvalue weighted by atomic mass is 10.0. The van der Waals surface area contributed by atoms with E-state index in [2.05, 4.69) is 11.9 Å². The highest BCUT2D eigenvalue weighted by molar-refractivity contribution is 5.69. The van der Waals surface area contributed by atoms with E-state index in [-0.39, 0.29) is 18.8 Å². The number of aliphatic hydroxyl groups is 2. The van der Waals surface area contributed by atoms with Gasteiger partial charge in [0.15, 0.2) is 5.82 Å². The van der Waals surface area contributed by atoms with Crippen molar-refractivity contribution in [2.45, 2.75) is 63.1 Å². The molecule has 1 aromatic rings. The topological polar surface area (TPSA) is 167 Å². The van der Waals surface area contributed by atoms with E-state index in [0.717, 1.165) is 25.5 Å². The van der Waals surface area contributed by atoms with Gasteiger partial charge in [0.1, 0.15) is 31.0 Å². The van der Waals surface area contributed by atoms with E-state index < -0.39 is 35.7 Å². The maximum Gasteiger partial charge on any atom is 0.352 e.